The number of nitrogens with zero attached hydrogens (tertiary/aromatic N) is 1. The van der Waals surface area contributed by atoms with E-state index in [0.29, 0.717) is 12.2 Å². The Kier molecular flexibility index (Phi) is 17.0. The summed E-state index contributed by atoms with van der Waals surface area (Å²) in [5, 5.41) is 20.7. The number of aromatic amines is 1. The van der Waals surface area contributed by atoms with Gasteiger partial charge in [-0.3, -0.25) is 19.2 Å². The van der Waals surface area contributed by atoms with Gasteiger partial charge in [-0.05, 0) is 51.5 Å². The number of hydrogen-bond donors (Lipinski definition) is 8. The molecule has 2 rings (SSSR count). The van der Waals surface area contributed by atoms with Crippen LogP contribution >= 0.6 is 34.2 Å². The lowest BCUT2D eigenvalue weighted by Crippen LogP contribution is -2.57. The average Bonchev–Trinajstić information content (AvgIpc) is 3.41. The Bertz CT molecular complexity index is 1350. The third-order valence-electron chi connectivity index (χ3n) is 6.85. The van der Waals surface area contributed by atoms with E-state index in [1.165, 1.54) is 10.8 Å². The molecule has 0 aliphatic heterocycles. The van der Waals surface area contributed by atoms with E-state index in [4.69, 9.17) is 5.73 Å². The van der Waals surface area contributed by atoms with Crippen molar-refractivity contribution in [1.29, 1.82) is 0 Å². The SMILES string of the molecule is CN(C)CCCC[C@H](NC(=O)CNC(=O)[C@@H](N)CSSC(C)(C)C)C(=O)N[C@@H](Cc1c[nH]c2ccccc12)C(=O)N[C@@H](CS)C(=O)O. The molecule has 0 aliphatic carbocycles. The normalized spacial score (nSPS) is 14.2. The number of benzene rings is 1. The van der Waals surface area contributed by atoms with Crippen LogP contribution in [0.5, 0.6) is 0 Å². The predicted molar refractivity (Wildman–Crippen MR) is 192 cm³/mol. The monoisotopic (exact) mass is 711 g/mol. The Morgan fingerprint density at radius 1 is 0.979 bits per heavy atom. The van der Waals surface area contributed by atoms with Crippen molar-refractivity contribution < 1.29 is 29.1 Å². The van der Waals surface area contributed by atoms with Crippen LogP contribution in [-0.2, 0) is 30.4 Å². The summed E-state index contributed by atoms with van der Waals surface area (Å²) in [6, 6.07) is 3.20. The maximum absolute atomic E-state index is 13.7. The molecule has 0 fully saturated rings. The van der Waals surface area contributed by atoms with Gasteiger partial charge in [0.2, 0.25) is 23.6 Å². The number of carboxylic acids is 1. The zero-order chi connectivity index (χ0) is 35.1. The topological polar surface area (TPSA) is 199 Å². The van der Waals surface area contributed by atoms with Crippen molar-refractivity contribution in [3.63, 3.8) is 0 Å². The van der Waals surface area contributed by atoms with Crippen molar-refractivity contribution in [1.82, 2.24) is 31.2 Å². The fourth-order valence-corrected chi connectivity index (χ4v) is 7.08. The number of nitrogens with one attached hydrogen (secondary N) is 5. The van der Waals surface area contributed by atoms with Gasteiger partial charge in [0.25, 0.3) is 0 Å². The summed E-state index contributed by atoms with van der Waals surface area (Å²) < 4.78 is 0.00252. The zero-order valence-electron chi connectivity index (χ0n) is 27.6. The second kappa shape index (κ2) is 19.8. The molecular formula is C31H49N7O6S3. The Morgan fingerprint density at radius 3 is 2.28 bits per heavy atom. The highest BCUT2D eigenvalue weighted by Crippen LogP contribution is 2.35. The molecule has 0 saturated heterocycles. The molecule has 1 aromatic carbocycles. The van der Waals surface area contributed by atoms with Crippen LogP contribution in [0.2, 0.25) is 0 Å². The van der Waals surface area contributed by atoms with Gasteiger partial charge in [-0.25, -0.2) is 4.79 Å². The molecule has 4 amide bonds. The molecule has 0 saturated carbocycles. The maximum atomic E-state index is 13.7. The minimum Gasteiger partial charge on any atom is -0.480 e. The van der Waals surface area contributed by atoms with Gasteiger partial charge < -0.3 is 42.0 Å². The fraction of sp³-hybridized carbons (Fsp3) is 0.581. The predicted octanol–water partition coefficient (Wildman–Crippen LogP) is 1.53. The number of hydrogen-bond acceptors (Lipinski definition) is 10. The summed E-state index contributed by atoms with van der Waals surface area (Å²) in [6.07, 6.45) is 3.41. The molecule has 1 heterocycles. The molecule has 0 bridgehead atoms. The lowest BCUT2D eigenvalue weighted by Gasteiger charge is -2.24. The van der Waals surface area contributed by atoms with Crippen molar-refractivity contribution >= 4 is 74.7 Å². The highest BCUT2D eigenvalue weighted by Gasteiger charge is 2.30. The third kappa shape index (κ3) is 14.8. The van der Waals surface area contributed by atoms with Gasteiger partial charge in [-0.1, -0.05) is 60.6 Å². The van der Waals surface area contributed by atoms with Crippen LogP contribution in [0.15, 0.2) is 30.5 Å². The number of H-pyrrole nitrogens is 1. The maximum Gasteiger partial charge on any atom is 0.327 e. The molecule has 1 aromatic heterocycles. The quantitative estimate of drug-likeness (QED) is 0.0567. The minimum absolute atomic E-state index is 0.00252. The van der Waals surface area contributed by atoms with Gasteiger partial charge in [0.05, 0.1) is 12.6 Å². The summed E-state index contributed by atoms with van der Waals surface area (Å²) >= 11 is 4.03. The first-order valence-electron chi connectivity index (χ1n) is 15.4. The standard InChI is InChI=1S/C31H49N7O6S3/c1-31(2,3)47-46-18-21(32)27(40)34-16-26(39)35-23(12-8-9-13-38(4)5)28(41)36-24(29(42)37-25(17-45)30(43)44)14-19-15-33-22-11-7-6-10-20(19)22/h6-7,10-11,15,21,23-25,33,45H,8-9,12-14,16-18,32H2,1-5H3,(H,34,40)(H,35,39)(H,36,41)(H,37,42)(H,43,44)/t21-,23-,24-,25-/m0/s1. The van der Waals surface area contributed by atoms with Crippen LogP contribution in [0.25, 0.3) is 10.9 Å². The summed E-state index contributed by atoms with van der Waals surface area (Å²) in [7, 11) is 6.95. The van der Waals surface area contributed by atoms with E-state index in [9.17, 15) is 29.1 Å². The molecule has 0 unspecified atom stereocenters. The van der Waals surface area contributed by atoms with Gasteiger partial charge in [0.1, 0.15) is 18.1 Å². The minimum atomic E-state index is -1.27. The smallest absolute Gasteiger partial charge is 0.327 e. The van der Waals surface area contributed by atoms with Crippen LogP contribution in [0, 0.1) is 0 Å². The molecule has 2 aromatic rings. The molecule has 47 heavy (non-hydrogen) atoms. The van der Waals surface area contributed by atoms with E-state index in [1.54, 1.807) is 17.0 Å². The molecule has 0 aliphatic rings. The van der Waals surface area contributed by atoms with Crippen LogP contribution in [0.4, 0.5) is 0 Å². The van der Waals surface area contributed by atoms with E-state index >= 15 is 0 Å². The van der Waals surface area contributed by atoms with E-state index in [-0.39, 0.29) is 29.9 Å². The van der Waals surface area contributed by atoms with Crippen molar-refractivity contribution in [2.75, 3.05) is 38.7 Å². The number of rotatable bonds is 20. The van der Waals surface area contributed by atoms with Gasteiger partial charge in [-0.2, -0.15) is 12.6 Å². The summed E-state index contributed by atoms with van der Waals surface area (Å²) in [4.78, 5) is 69.3. The van der Waals surface area contributed by atoms with E-state index in [2.05, 4.69) is 59.7 Å². The summed E-state index contributed by atoms with van der Waals surface area (Å²) in [5.74, 6) is -3.43. The molecule has 16 heteroatoms. The van der Waals surface area contributed by atoms with Gasteiger partial charge >= 0.3 is 5.97 Å². The largest absolute Gasteiger partial charge is 0.480 e. The second-order valence-corrected chi connectivity index (χ2v) is 16.0. The Labute approximate surface area is 289 Å². The van der Waals surface area contributed by atoms with Gasteiger partial charge in [-0.15, -0.1) is 0 Å². The summed E-state index contributed by atoms with van der Waals surface area (Å²) in [5.41, 5.74) is 7.57. The highest BCUT2D eigenvalue weighted by atomic mass is 33.1. The lowest BCUT2D eigenvalue weighted by molar-refractivity contribution is -0.141. The van der Waals surface area contributed by atoms with Gasteiger partial charge in [0, 0.05) is 39.8 Å². The molecule has 262 valence electrons. The fourth-order valence-electron chi connectivity index (χ4n) is 4.41. The van der Waals surface area contributed by atoms with E-state index in [0.717, 1.165) is 29.4 Å². The van der Waals surface area contributed by atoms with Gasteiger partial charge in [0.15, 0.2) is 0 Å². The van der Waals surface area contributed by atoms with E-state index in [1.807, 2.05) is 43.3 Å². The number of thiol groups is 1. The number of carboxylic acid groups (broad SMARTS) is 1. The van der Waals surface area contributed by atoms with Crippen LogP contribution < -0.4 is 27.0 Å². The second-order valence-electron chi connectivity index (χ2n) is 12.4. The average molecular weight is 712 g/mol. The Hall–Kier alpha value is -2.92. The number of unbranched alkanes of at least 4 members (excludes halogenated alkanes) is 1. The highest BCUT2D eigenvalue weighted by molar-refractivity contribution is 8.77. The Balaban J connectivity index is 2.17. The molecule has 0 radical (unpaired) electrons. The summed E-state index contributed by atoms with van der Waals surface area (Å²) in [6.45, 7) is 6.55. The number of aromatic nitrogens is 1. The molecule has 4 atom stereocenters. The molecule has 13 nitrogen and oxygen atoms in total. The van der Waals surface area contributed by atoms with Crippen LogP contribution in [-0.4, -0.2) is 112 Å². The van der Waals surface area contributed by atoms with Crippen molar-refractivity contribution in [3.8, 4) is 0 Å². The number of carbonyl (C=O) groups is 5. The van der Waals surface area contributed by atoms with Crippen molar-refractivity contribution in [2.24, 2.45) is 5.73 Å². The third-order valence-corrected chi connectivity index (χ3v) is 10.6. The van der Waals surface area contributed by atoms with E-state index < -0.39 is 53.8 Å². The van der Waals surface area contributed by atoms with Crippen LogP contribution in [0.1, 0.15) is 45.6 Å². The first kappa shape index (κ1) is 40.3. The number of fused-ring (bicyclic) bond motifs is 1. The number of carbonyl (C=O) groups excluding carboxylic acids is 4. The Morgan fingerprint density at radius 2 is 1.64 bits per heavy atom. The number of nitrogens with two attached hydrogens (primary N) is 1. The van der Waals surface area contributed by atoms with Crippen LogP contribution in [0.3, 0.4) is 0 Å². The molecular weight excluding hydrogens is 663 g/mol. The van der Waals surface area contributed by atoms with Crippen molar-refractivity contribution in [3.05, 3.63) is 36.0 Å². The molecule has 8 N–H and O–H groups in total. The lowest BCUT2D eigenvalue weighted by atomic mass is 10.0. The van der Waals surface area contributed by atoms with Crippen molar-refractivity contribution in [2.45, 2.75) is 75.4 Å². The number of para-hydroxylation sites is 1. The first-order valence-corrected chi connectivity index (χ1v) is 18.3. The first-order chi connectivity index (χ1) is 22.1. The zero-order valence-corrected chi connectivity index (χ0v) is 30.2. The number of amides is 4. The molecule has 0 spiro atoms. The number of aliphatic carboxylic acids is 1.